The highest BCUT2D eigenvalue weighted by molar-refractivity contribution is 6.30. The molecule has 3 aromatic rings. The van der Waals surface area contributed by atoms with E-state index in [9.17, 15) is 4.79 Å². The Hall–Kier alpha value is -2.79. The average Bonchev–Trinajstić information content (AvgIpc) is 3.18. The molecular weight excluding hydrogens is 350 g/mol. The van der Waals surface area contributed by atoms with Crippen molar-refractivity contribution in [2.75, 3.05) is 0 Å². The van der Waals surface area contributed by atoms with Crippen LogP contribution in [0.5, 0.6) is 5.75 Å². The molecule has 0 bridgehead atoms. The van der Waals surface area contributed by atoms with Crippen molar-refractivity contribution in [2.45, 2.75) is 26.0 Å². The van der Waals surface area contributed by atoms with Gasteiger partial charge in [0, 0.05) is 23.1 Å². The minimum absolute atomic E-state index is 0.129. The molecule has 0 saturated heterocycles. The van der Waals surface area contributed by atoms with E-state index >= 15 is 0 Å². The maximum atomic E-state index is 12.4. The highest BCUT2D eigenvalue weighted by Gasteiger charge is 2.17. The van der Waals surface area contributed by atoms with Crippen LogP contribution >= 0.6 is 11.6 Å². The van der Waals surface area contributed by atoms with Crippen LogP contribution in [-0.2, 0) is 4.79 Å². The second-order valence-corrected chi connectivity index (χ2v) is 6.44. The second-order valence-electron chi connectivity index (χ2n) is 6.01. The van der Waals surface area contributed by atoms with Gasteiger partial charge in [-0.1, -0.05) is 23.7 Å². The molecule has 134 valence electrons. The Morgan fingerprint density at radius 1 is 1.12 bits per heavy atom. The molecule has 0 aliphatic rings. The largest absolute Gasteiger partial charge is 0.481 e. The molecule has 2 aromatic carbocycles. The first-order valence-corrected chi connectivity index (χ1v) is 8.71. The van der Waals surface area contributed by atoms with Gasteiger partial charge >= 0.3 is 0 Å². The summed E-state index contributed by atoms with van der Waals surface area (Å²) >= 11 is 5.85. The lowest BCUT2D eigenvalue weighted by atomic mass is 10.1. The summed E-state index contributed by atoms with van der Waals surface area (Å²) in [5, 5.41) is 3.60. The molecule has 0 aliphatic carbocycles. The molecule has 0 fully saturated rings. The van der Waals surface area contributed by atoms with Crippen molar-refractivity contribution in [3.05, 3.63) is 77.8 Å². The fourth-order valence-electron chi connectivity index (χ4n) is 2.53. The monoisotopic (exact) mass is 369 g/mol. The first-order valence-electron chi connectivity index (χ1n) is 8.34. The second kappa shape index (κ2) is 8.06. The molecule has 5 nitrogen and oxygen atoms in total. The SMILES string of the molecule is C[C@@H](Oc1ccc(Cl)cc1)C(=O)N[C@H](C)c1ccc(-n2ccnc2)cc1. The normalized spacial score (nSPS) is 13.0. The third kappa shape index (κ3) is 4.43. The Bertz CT molecular complexity index is 846. The van der Waals surface area contributed by atoms with Crippen molar-refractivity contribution in [1.82, 2.24) is 14.9 Å². The van der Waals surface area contributed by atoms with E-state index < -0.39 is 6.10 Å². The Morgan fingerprint density at radius 2 is 1.81 bits per heavy atom. The molecule has 0 aliphatic heterocycles. The van der Waals surface area contributed by atoms with Crippen LogP contribution in [0.4, 0.5) is 0 Å². The van der Waals surface area contributed by atoms with Crippen LogP contribution < -0.4 is 10.1 Å². The smallest absolute Gasteiger partial charge is 0.261 e. The Kier molecular flexibility index (Phi) is 5.58. The summed E-state index contributed by atoms with van der Waals surface area (Å²) in [5.74, 6) is 0.431. The molecule has 3 rings (SSSR count). The number of aromatic nitrogens is 2. The summed E-state index contributed by atoms with van der Waals surface area (Å²) in [7, 11) is 0. The third-order valence-electron chi connectivity index (χ3n) is 4.05. The number of imidazole rings is 1. The maximum absolute atomic E-state index is 12.4. The van der Waals surface area contributed by atoms with Crippen LogP contribution in [0.2, 0.25) is 5.02 Å². The first kappa shape index (κ1) is 18.0. The lowest BCUT2D eigenvalue weighted by molar-refractivity contribution is -0.127. The zero-order valence-electron chi connectivity index (χ0n) is 14.6. The number of carbonyl (C=O) groups is 1. The Labute approximate surface area is 157 Å². The number of nitrogens with zero attached hydrogens (tertiary/aromatic N) is 2. The van der Waals surface area contributed by atoms with Gasteiger partial charge in [-0.05, 0) is 55.8 Å². The van der Waals surface area contributed by atoms with Crippen LogP contribution in [0.25, 0.3) is 5.69 Å². The van der Waals surface area contributed by atoms with E-state index in [2.05, 4.69) is 10.3 Å². The predicted octanol–water partition coefficient (Wildman–Crippen LogP) is 4.17. The number of halogens is 1. The van der Waals surface area contributed by atoms with Gasteiger partial charge in [0.2, 0.25) is 0 Å². The highest BCUT2D eigenvalue weighted by Crippen LogP contribution is 2.18. The van der Waals surface area contributed by atoms with Gasteiger partial charge in [0.15, 0.2) is 6.10 Å². The van der Waals surface area contributed by atoms with Crippen molar-refractivity contribution in [3.8, 4) is 11.4 Å². The van der Waals surface area contributed by atoms with E-state index in [1.807, 2.05) is 42.0 Å². The summed E-state index contributed by atoms with van der Waals surface area (Å²) < 4.78 is 7.58. The summed E-state index contributed by atoms with van der Waals surface area (Å²) in [6.45, 7) is 3.66. The van der Waals surface area contributed by atoms with Gasteiger partial charge in [-0.2, -0.15) is 0 Å². The number of hydrogen-bond acceptors (Lipinski definition) is 3. The topological polar surface area (TPSA) is 56.1 Å². The fourth-order valence-corrected chi connectivity index (χ4v) is 2.66. The van der Waals surface area contributed by atoms with Crippen molar-refractivity contribution in [1.29, 1.82) is 0 Å². The molecule has 1 N–H and O–H groups in total. The highest BCUT2D eigenvalue weighted by atomic mass is 35.5. The molecule has 1 heterocycles. The van der Waals surface area contributed by atoms with Crippen molar-refractivity contribution >= 4 is 17.5 Å². The van der Waals surface area contributed by atoms with Crippen molar-refractivity contribution in [2.24, 2.45) is 0 Å². The van der Waals surface area contributed by atoms with Crippen molar-refractivity contribution < 1.29 is 9.53 Å². The number of rotatable bonds is 6. The van der Waals surface area contributed by atoms with E-state index in [0.717, 1.165) is 11.3 Å². The quantitative estimate of drug-likeness (QED) is 0.709. The zero-order valence-corrected chi connectivity index (χ0v) is 15.4. The standard InChI is InChI=1S/C20H20ClN3O2/c1-14(16-3-7-18(8-4-16)24-12-11-22-13-24)23-20(25)15(2)26-19-9-5-17(21)6-10-19/h3-15H,1-2H3,(H,23,25)/t14-,15-/m1/s1. The number of nitrogens with one attached hydrogen (secondary N) is 1. The van der Waals surface area contributed by atoms with Gasteiger partial charge in [0.1, 0.15) is 5.75 Å². The fraction of sp³-hybridized carbons (Fsp3) is 0.200. The Morgan fingerprint density at radius 3 is 2.42 bits per heavy atom. The number of benzene rings is 2. The Balaban J connectivity index is 1.58. The minimum atomic E-state index is -0.608. The van der Waals surface area contributed by atoms with E-state index in [1.54, 1.807) is 43.7 Å². The van der Waals surface area contributed by atoms with E-state index in [1.165, 1.54) is 0 Å². The van der Waals surface area contributed by atoms with E-state index in [0.29, 0.717) is 10.8 Å². The number of hydrogen-bond donors (Lipinski definition) is 1. The molecule has 26 heavy (non-hydrogen) atoms. The van der Waals surface area contributed by atoms with Crippen LogP contribution in [0.15, 0.2) is 67.3 Å². The maximum Gasteiger partial charge on any atom is 0.261 e. The molecule has 1 aromatic heterocycles. The van der Waals surface area contributed by atoms with Crippen molar-refractivity contribution in [3.63, 3.8) is 0 Å². The van der Waals surface area contributed by atoms with Crippen LogP contribution in [0, 0.1) is 0 Å². The van der Waals surface area contributed by atoms with Crippen LogP contribution in [-0.4, -0.2) is 21.6 Å². The minimum Gasteiger partial charge on any atom is -0.481 e. The average molecular weight is 370 g/mol. The van der Waals surface area contributed by atoms with E-state index in [4.69, 9.17) is 16.3 Å². The molecule has 2 atom stereocenters. The number of amides is 1. The van der Waals surface area contributed by atoms with Crippen LogP contribution in [0.1, 0.15) is 25.5 Å². The van der Waals surface area contributed by atoms with Gasteiger partial charge in [-0.25, -0.2) is 4.98 Å². The summed E-state index contributed by atoms with van der Waals surface area (Å²) in [4.78, 5) is 16.4. The third-order valence-corrected chi connectivity index (χ3v) is 4.30. The summed E-state index contributed by atoms with van der Waals surface area (Å²) in [6.07, 6.45) is 4.76. The van der Waals surface area contributed by atoms with Gasteiger partial charge in [0.05, 0.1) is 12.4 Å². The molecule has 6 heteroatoms. The molecule has 0 saturated carbocycles. The molecule has 0 spiro atoms. The lowest BCUT2D eigenvalue weighted by Gasteiger charge is -2.19. The summed E-state index contributed by atoms with van der Waals surface area (Å²) in [5.41, 5.74) is 2.03. The van der Waals surface area contributed by atoms with Gasteiger partial charge in [0.25, 0.3) is 5.91 Å². The van der Waals surface area contributed by atoms with Crippen LogP contribution in [0.3, 0.4) is 0 Å². The number of ether oxygens (including phenoxy) is 1. The first-order chi connectivity index (χ1) is 12.5. The number of carbonyl (C=O) groups excluding carboxylic acids is 1. The predicted molar refractivity (Wildman–Crippen MR) is 102 cm³/mol. The molecule has 0 unspecified atom stereocenters. The van der Waals surface area contributed by atoms with E-state index in [-0.39, 0.29) is 11.9 Å². The lowest BCUT2D eigenvalue weighted by Crippen LogP contribution is -2.37. The molecular formula is C20H20ClN3O2. The molecule has 0 radical (unpaired) electrons. The summed E-state index contributed by atoms with van der Waals surface area (Å²) in [6, 6.07) is 14.8. The zero-order chi connectivity index (χ0) is 18.5. The van der Waals surface area contributed by atoms with Gasteiger partial charge in [-0.3, -0.25) is 4.79 Å². The molecule has 1 amide bonds. The van der Waals surface area contributed by atoms with Gasteiger partial charge < -0.3 is 14.6 Å². The van der Waals surface area contributed by atoms with Gasteiger partial charge in [-0.15, -0.1) is 0 Å².